The molecule has 2 amide bonds. The van der Waals surface area contributed by atoms with Crippen molar-refractivity contribution in [3.63, 3.8) is 0 Å². The van der Waals surface area contributed by atoms with E-state index in [4.69, 9.17) is 9.47 Å². The van der Waals surface area contributed by atoms with Crippen LogP contribution in [0.4, 0.5) is 0 Å². The van der Waals surface area contributed by atoms with Gasteiger partial charge < -0.3 is 24.7 Å². The van der Waals surface area contributed by atoms with Crippen molar-refractivity contribution < 1.29 is 23.9 Å². The van der Waals surface area contributed by atoms with Gasteiger partial charge in [-0.05, 0) is 38.7 Å². The summed E-state index contributed by atoms with van der Waals surface area (Å²) in [5.74, 6) is -0.531. The normalized spacial score (nSPS) is 14.7. The van der Waals surface area contributed by atoms with E-state index in [2.05, 4.69) is 10.3 Å². The van der Waals surface area contributed by atoms with Gasteiger partial charge in [0.15, 0.2) is 0 Å². The van der Waals surface area contributed by atoms with Crippen molar-refractivity contribution in [1.29, 1.82) is 0 Å². The lowest BCUT2D eigenvalue weighted by atomic mass is 10.1. The number of hydrogen-bond acceptors (Lipinski definition) is 5. The van der Waals surface area contributed by atoms with Gasteiger partial charge in [-0.2, -0.15) is 0 Å². The van der Waals surface area contributed by atoms with Gasteiger partial charge in [-0.3, -0.25) is 9.59 Å². The summed E-state index contributed by atoms with van der Waals surface area (Å²) in [4.78, 5) is 41.6. The Morgan fingerprint density at radius 1 is 1.18 bits per heavy atom. The van der Waals surface area contributed by atoms with Gasteiger partial charge in [0.05, 0.1) is 12.2 Å². The Kier molecular flexibility index (Phi) is 8.50. The third-order valence-electron chi connectivity index (χ3n) is 4.95. The maximum atomic E-state index is 12.5. The Balaban J connectivity index is 1.86. The summed E-state index contributed by atoms with van der Waals surface area (Å²) in [5, 5.41) is 2.86. The fourth-order valence-corrected chi connectivity index (χ4v) is 3.41. The number of methoxy groups -OCH3 is 1. The SMILES string of the molecule is COCCOC(=O)c1c(C)[nH]c(C(=O)NCCCN2CCCCCC2=O)c1C. The van der Waals surface area contributed by atoms with Gasteiger partial charge in [0, 0.05) is 38.9 Å². The van der Waals surface area contributed by atoms with Crippen LogP contribution in [0, 0.1) is 13.8 Å². The molecule has 0 atom stereocenters. The number of carbonyl (C=O) groups is 3. The van der Waals surface area contributed by atoms with E-state index in [0.717, 1.165) is 25.8 Å². The van der Waals surface area contributed by atoms with Crippen LogP contribution in [-0.4, -0.2) is 67.6 Å². The third kappa shape index (κ3) is 5.82. The van der Waals surface area contributed by atoms with E-state index in [1.165, 1.54) is 7.11 Å². The highest BCUT2D eigenvalue weighted by Gasteiger charge is 2.23. The van der Waals surface area contributed by atoms with E-state index < -0.39 is 5.97 Å². The summed E-state index contributed by atoms with van der Waals surface area (Å²) in [7, 11) is 1.53. The molecule has 0 aromatic carbocycles. The van der Waals surface area contributed by atoms with Gasteiger partial charge in [-0.25, -0.2) is 4.79 Å². The van der Waals surface area contributed by atoms with Crippen molar-refractivity contribution >= 4 is 17.8 Å². The lowest BCUT2D eigenvalue weighted by molar-refractivity contribution is -0.130. The zero-order valence-corrected chi connectivity index (χ0v) is 17.1. The first kappa shape index (κ1) is 21.9. The molecule has 0 saturated carbocycles. The zero-order valence-electron chi connectivity index (χ0n) is 17.1. The Hall–Kier alpha value is -2.35. The number of carbonyl (C=O) groups excluding carboxylic acids is 3. The molecule has 1 aliphatic rings. The predicted molar refractivity (Wildman–Crippen MR) is 104 cm³/mol. The second-order valence-electron chi connectivity index (χ2n) is 7.05. The minimum atomic E-state index is -0.470. The first-order valence-electron chi connectivity index (χ1n) is 9.87. The van der Waals surface area contributed by atoms with Crippen LogP contribution in [0.3, 0.4) is 0 Å². The van der Waals surface area contributed by atoms with Crippen molar-refractivity contribution in [2.75, 3.05) is 40.0 Å². The molecule has 0 spiro atoms. The van der Waals surface area contributed by atoms with E-state index in [-0.39, 0.29) is 18.4 Å². The number of nitrogens with one attached hydrogen (secondary N) is 2. The minimum Gasteiger partial charge on any atom is -0.460 e. The highest BCUT2D eigenvalue weighted by Crippen LogP contribution is 2.19. The van der Waals surface area contributed by atoms with Gasteiger partial charge in [0.2, 0.25) is 5.91 Å². The van der Waals surface area contributed by atoms with E-state index in [1.54, 1.807) is 13.8 Å². The van der Waals surface area contributed by atoms with Crippen molar-refractivity contribution in [3.05, 3.63) is 22.5 Å². The summed E-state index contributed by atoms with van der Waals surface area (Å²) in [6.07, 6.45) is 4.43. The van der Waals surface area contributed by atoms with Crippen LogP contribution in [0.25, 0.3) is 0 Å². The molecular weight excluding hydrogens is 362 g/mol. The fraction of sp³-hybridized carbons (Fsp3) is 0.650. The van der Waals surface area contributed by atoms with Crippen LogP contribution in [0.15, 0.2) is 0 Å². The van der Waals surface area contributed by atoms with Crippen LogP contribution in [0.1, 0.15) is 64.2 Å². The number of hydrogen-bond donors (Lipinski definition) is 2. The molecule has 0 aliphatic carbocycles. The zero-order chi connectivity index (χ0) is 20.5. The number of nitrogens with zero attached hydrogens (tertiary/aromatic N) is 1. The van der Waals surface area contributed by atoms with Crippen LogP contribution in [0.5, 0.6) is 0 Å². The second-order valence-corrected chi connectivity index (χ2v) is 7.05. The van der Waals surface area contributed by atoms with Gasteiger partial charge in [-0.1, -0.05) is 6.42 Å². The van der Waals surface area contributed by atoms with E-state index in [0.29, 0.717) is 55.1 Å². The van der Waals surface area contributed by atoms with Crippen LogP contribution in [0.2, 0.25) is 0 Å². The molecule has 1 fully saturated rings. The second kappa shape index (κ2) is 10.8. The summed E-state index contributed by atoms with van der Waals surface area (Å²) < 4.78 is 10.0. The Bertz CT molecular complexity index is 698. The Morgan fingerprint density at radius 2 is 1.96 bits per heavy atom. The monoisotopic (exact) mass is 393 g/mol. The number of aryl methyl sites for hydroxylation is 1. The first-order chi connectivity index (χ1) is 13.5. The Labute approximate surface area is 165 Å². The number of aromatic amines is 1. The molecule has 1 aliphatic heterocycles. The molecule has 8 nitrogen and oxygen atoms in total. The lowest BCUT2D eigenvalue weighted by Gasteiger charge is -2.20. The maximum absolute atomic E-state index is 12.5. The first-order valence-corrected chi connectivity index (χ1v) is 9.87. The average Bonchev–Trinajstić information content (AvgIpc) is 2.82. The summed E-state index contributed by atoms with van der Waals surface area (Å²) in [5.41, 5.74) is 1.92. The summed E-state index contributed by atoms with van der Waals surface area (Å²) >= 11 is 0. The molecule has 0 bridgehead atoms. The number of aromatic nitrogens is 1. The van der Waals surface area contributed by atoms with Crippen LogP contribution < -0.4 is 5.32 Å². The van der Waals surface area contributed by atoms with E-state index >= 15 is 0 Å². The molecule has 1 aromatic heterocycles. The molecule has 1 aromatic rings. The van der Waals surface area contributed by atoms with Crippen LogP contribution >= 0.6 is 0 Å². The summed E-state index contributed by atoms with van der Waals surface area (Å²) in [6, 6.07) is 0. The van der Waals surface area contributed by atoms with Crippen molar-refractivity contribution in [1.82, 2.24) is 15.2 Å². The molecule has 8 heteroatoms. The van der Waals surface area contributed by atoms with E-state index in [1.807, 2.05) is 4.90 Å². The molecule has 2 N–H and O–H groups in total. The van der Waals surface area contributed by atoms with E-state index in [9.17, 15) is 14.4 Å². The standard InChI is InChI=1S/C20H31N3O5/c1-14-17(20(26)28-13-12-27-3)15(2)22-18(14)19(25)21-9-7-11-23-10-6-4-5-8-16(23)24/h22H,4-13H2,1-3H3,(H,21,25). The van der Waals surface area contributed by atoms with Crippen molar-refractivity contribution in [2.45, 2.75) is 46.0 Å². The van der Waals surface area contributed by atoms with Crippen molar-refractivity contribution in [3.8, 4) is 0 Å². The molecule has 2 rings (SSSR count). The number of esters is 1. The maximum Gasteiger partial charge on any atom is 0.340 e. The smallest absolute Gasteiger partial charge is 0.340 e. The molecule has 2 heterocycles. The minimum absolute atomic E-state index is 0.163. The Morgan fingerprint density at radius 3 is 2.71 bits per heavy atom. The van der Waals surface area contributed by atoms with Crippen LogP contribution in [-0.2, 0) is 14.3 Å². The number of ether oxygens (including phenoxy) is 2. The van der Waals surface area contributed by atoms with Gasteiger partial charge in [-0.15, -0.1) is 0 Å². The molecule has 0 unspecified atom stereocenters. The molecular formula is C20H31N3O5. The molecule has 156 valence electrons. The highest BCUT2D eigenvalue weighted by atomic mass is 16.6. The van der Waals surface area contributed by atoms with Gasteiger partial charge >= 0.3 is 5.97 Å². The topological polar surface area (TPSA) is 101 Å². The number of likely N-dealkylation sites (tertiary alicyclic amines) is 1. The largest absolute Gasteiger partial charge is 0.460 e. The molecule has 0 radical (unpaired) electrons. The molecule has 28 heavy (non-hydrogen) atoms. The average molecular weight is 393 g/mol. The third-order valence-corrected chi connectivity index (χ3v) is 4.95. The fourth-order valence-electron chi connectivity index (χ4n) is 3.41. The summed E-state index contributed by atoms with van der Waals surface area (Å²) in [6.45, 7) is 5.86. The number of rotatable bonds is 9. The molecule has 1 saturated heterocycles. The predicted octanol–water partition coefficient (Wildman–Crippen LogP) is 1.96. The van der Waals surface area contributed by atoms with Gasteiger partial charge in [0.1, 0.15) is 12.3 Å². The highest BCUT2D eigenvalue weighted by molar-refractivity contribution is 6.00. The quantitative estimate of drug-likeness (QED) is 0.493. The van der Waals surface area contributed by atoms with Crippen molar-refractivity contribution in [2.24, 2.45) is 0 Å². The number of H-pyrrole nitrogens is 1. The van der Waals surface area contributed by atoms with Gasteiger partial charge in [0.25, 0.3) is 5.91 Å². The lowest BCUT2D eigenvalue weighted by Crippen LogP contribution is -2.34. The number of amides is 2.